The third-order valence-corrected chi connectivity index (χ3v) is 7.81. The Hall–Kier alpha value is -0.790. The first kappa shape index (κ1) is 22.5. The van der Waals surface area contributed by atoms with Crippen LogP contribution in [0.15, 0.2) is 15.3 Å². The van der Waals surface area contributed by atoms with E-state index in [0.717, 1.165) is 24.2 Å². The minimum Gasteiger partial charge on any atom is -0.324 e. The Kier molecular flexibility index (Phi) is 9.93. The molecule has 2 N–H and O–H groups in total. The lowest BCUT2D eigenvalue weighted by molar-refractivity contribution is 0.545. The molecule has 8 heteroatoms. The number of halogens is 1. The van der Waals surface area contributed by atoms with Gasteiger partial charge in [-0.15, -0.1) is 11.3 Å². The van der Waals surface area contributed by atoms with E-state index in [4.69, 9.17) is 11.6 Å². The number of unbranched alkanes of at least 4 members (excludes halogenated alkanes) is 11. The summed E-state index contributed by atoms with van der Waals surface area (Å²) in [6.45, 7) is 2.88. The number of thiophene rings is 1. The number of hydrogen-bond donors (Lipinski definition) is 2. The van der Waals surface area contributed by atoms with Gasteiger partial charge in [-0.3, -0.25) is 4.99 Å². The molecule has 0 saturated heterocycles. The molecule has 0 saturated carbocycles. The van der Waals surface area contributed by atoms with Gasteiger partial charge in [-0.25, -0.2) is 13.1 Å². The van der Waals surface area contributed by atoms with Crippen LogP contribution in [0.5, 0.6) is 0 Å². The molecule has 154 valence electrons. The van der Waals surface area contributed by atoms with Crippen molar-refractivity contribution in [2.75, 3.05) is 11.9 Å². The van der Waals surface area contributed by atoms with E-state index >= 15 is 0 Å². The molecule has 1 aliphatic heterocycles. The van der Waals surface area contributed by atoms with Crippen LogP contribution in [0.4, 0.5) is 5.69 Å². The Labute approximate surface area is 173 Å². The number of fused-ring (bicyclic) bond motifs is 1. The van der Waals surface area contributed by atoms with E-state index in [1.807, 2.05) is 0 Å². The van der Waals surface area contributed by atoms with Gasteiger partial charge >= 0.3 is 0 Å². The van der Waals surface area contributed by atoms with E-state index in [9.17, 15) is 8.42 Å². The number of aliphatic imine (C=N–C) groups is 1. The fourth-order valence-electron chi connectivity index (χ4n) is 3.17. The van der Waals surface area contributed by atoms with Gasteiger partial charge in [0, 0.05) is 6.54 Å². The van der Waals surface area contributed by atoms with Crippen molar-refractivity contribution in [2.24, 2.45) is 4.99 Å². The highest BCUT2D eigenvalue weighted by atomic mass is 35.5. The van der Waals surface area contributed by atoms with Gasteiger partial charge in [0.05, 0.1) is 10.0 Å². The van der Waals surface area contributed by atoms with Gasteiger partial charge in [0.2, 0.25) is 5.96 Å². The van der Waals surface area contributed by atoms with Gasteiger partial charge in [0.25, 0.3) is 10.0 Å². The topological polar surface area (TPSA) is 70.6 Å². The van der Waals surface area contributed by atoms with Crippen molar-refractivity contribution in [1.29, 1.82) is 0 Å². The largest absolute Gasteiger partial charge is 0.324 e. The average molecular weight is 434 g/mol. The monoisotopic (exact) mass is 433 g/mol. The smallest absolute Gasteiger partial charge is 0.275 e. The first-order valence-electron chi connectivity index (χ1n) is 10.2. The number of nitrogens with zero attached hydrogens (tertiary/aromatic N) is 1. The SMILES string of the molecule is CCCCCCCCCCCCCCN=C1Nc2cc(Cl)sc2S(=O)(=O)N1. The molecule has 2 heterocycles. The maximum atomic E-state index is 12.2. The van der Waals surface area contributed by atoms with Crippen LogP contribution in [-0.2, 0) is 10.0 Å². The molecule has 0 fully saturated rings. The Bertz CT molecular complexity index is 702. The molecule has 0 bridgehead atoms. The predicted molar refractivity (Wildman–Crippen MR) is 117 cm³/mol. The molecule has 0 aromatic carbocycles. The summed E-state index contributed by atoms with van der Waals surface area (Å²) in [6.07, 6.45) is 15.5. The number of guanidine groups is 1. The zero-order valence-corrected chi connectivity index (χ0v) is 18.6. The van der Waals surface area contributed by atoms with Crippen LogP contribution in [0, 0.1) is 0 Å². The number of nitrogens with one attached hydrogen (secondary N) is 2. The molecule has 0 spiro atoms. The highest BCUT2D eigenvalue weighted by Crippen LogP contribution is 2.36. The van der Waals surface area contributed by atoms with Gasteiger partial charge in [0.15, 0.2) is 4.21 Å². The predicted octanol–water partition coefficient (Wildman–Crippen LogP) is 6.16. The van der Waals surface area contributed by atoms with E-state index < -0.39 is 10.0 Å². The van der Waals surface area contributed by atoms with Crippen LogP contribution < -0.4 is 10.0 Å². The zero-order chi connectivity index (χ0) is 19.5. The quantitative estimate of drug-likeness (QED) is 0.366. The maximum absolute atomic E-state index is 12.2. The van der Waals surface area contributed by atoms with Gasteiger partial charge in [-0.05, 0) is 12.5 Å². The van der Waals surface area contributed by atoms with E-state index in [-0.39, 0.29) is 4.21 Å². The molecule has 0 unspecified atom stereocenters. The van der Waals surface area contributed by atoms with Crippen molar-refractivity contribution in [1.82, 2.24) is 4.72 Å². The zero-order valence-electron chi connectivity index (χ0n) is 16.2. The van der Waals surface area contributed by atoms with E-state index in [1.165, 1.54) is 64.2 Å². The Morgan fingerprint density at radius 1 is 0.963 bits per heavy atom. The molecular formula is C19H32ClN3O2S2. The number of hydrogen-bond acceptors (Lipinski definition) is 4. The molecule has 1 aromatic rings. The fourth-order valence-corrected chi connectivity index (χ4v) is 5.92. The molecule has 1 aromatic heterocycles. The molecule has 0 atom stereocenters. The van der Waals surface area contributed by atoms with Crippen molar-refractivity contribution >= 4 is 44.6 Å². The van der Waals surface area contributed by atoms with Crippen molar-refractivity contribution in [2.45, 2.75) is 88.2 Å². The van der Waals surface area contributed by atoms with Crippen molar-refractivity contribution < 1.29 is 8.42 Å². The summed E-state index contributed by atoms with van der Waals surface area (Å²) in [5.41, 5.74) is 0.511. The summed E-state index contributed by atoms with van der Waals surface area (Å²) in [6, 6.07) is 1.62. The standard InChI is InChI=1S/C19H32ClN3O2S2/c1-2-3-4-5-6-7-8-9-10-11-12-13-14-21-19-22-16-15-17(20)26-18(16)27(24,25)23-19/h15H,2-14H2,1H3,(H2,21,22,23). The summed E-state index contributed by atoms with van der Waals surface area (Å²) in [7, 11) is -3.55. The highest BCUT2D eigenvalue weighted by Gasteiger charge is 2.29. The summed E-state index contributed by atoms with van der Waals surface area (Å²) < 4.78 is 27.4. The van der Waals surface area contributed by atoms with E-state index in [2.05, 4.69) is 22.0 Å². The molecule has 2 rings (SSSR count). The van der Waals surface area contributed by atoms with E-state index in [0.29, 0.717) is 22.5 Å². The summed E-state index contributed by atoms with van der Waals surface area (Å²) in [5, 5.41) is 3.00. The van der Waals surface area contributed by atoms with Crippen LogP contribution in [0.25, 0.3) is 0 Å². The minimum atomic E-state index is -3.55. The number of anilines is 1. The lowest BCUT2D eigenvalue weighted by Gasteiger charge is -2.18. The highest BCUT2D eigenvalue weighted by molar-refractivity contribution is 7.92. The van der Waals surface area contributed by atoms with E-state index in [1.54, 1.807) is 6.07 Å². The lowest BCUT2D eigenvalue weighted by Crippen LogP contribution is -2.40. The molecule has 0 amide bonds. The van der Waals surface area contributed by atoms with Crippen LogP contribution >= 0.6 is 22.9 Å². The van der Waals surface area contributed by atoms with Crippen molar-refractivity contribution in [3.63, 3.8) is 0 Å². The minimum absolute atomic E-state index is 0.219. The second-order valence-corrected chi connectivity index (χ2v) is 10.7. The average Bonchev–Trinajstić information content (AvgIpc) is 3.00. The second kappa shape index (κ2) is 11.9. The first-order chi connectivity index (χ1) is 13.0. The van der Waals surface area contributed by atoms with Crippen LogP contribution in [0.1, 0.15) is 84.0 Å². The Balaban J connectivity index is 1.53. The Morgan fingerprint density at radius 3 is 2.11 bits per heavy atom. The molecule has 27 heavy (non-hydrogen) atoms. The van der Waals surface area contributed by atoms with Crippen molar-refractivity contribution in [3.8, 4) is 0 Å². The van der Waals surface area contributed by atoms with Gasteiger partial charge in [0.1, 0.15) is 0 Å². The molecule has 0 radical (unpaired) electrons. The fraction of sp³-hybridized carbons (Fsp3) is 0.737. The molecule has 0 aliphatic carbocycles. The normalized spacial score (nSPS) is 16.7. The summed E-state index contributed by atoms with van der Waals surface area (Å²) >= 11 is 6.95. The summed E-state index contributed by atoms with van der Waals surface area (Å²) in [4.78, 5) is 4.35. The first-order valence-corrected chi connectivity index (χ1v) is 12.8. The van der Waals surface area contributed by atoms with Gasteiger partial charge in [-0.1, -0.05) is 89.2 Å². The molecular weight excluding hydrogens is 402 g/mol. The Morgan fingerprint density at radius 2 is 1.52 bits per heavy atom. The maximum Gasteiger partial charge on any atom is 0.275 e. The second-order valence-electron chi connectivity index (χ2n) is 7.10. The lowest BCUT2D eigenvalue weighted by atomic mass is 10.1. The van der Waals surface area contributed by atoms with Crippen LogP contribution in [0.2, 0.25) is 4.34 Å². The summed E-state index contributed by atoms with van der Waals surface area (Å²) in [5.74, 6) is 0.292. The number of sulfonamides is 1. The molecule has 1 aliphatic rings. The molecule has 5 nitrogen and oxygen atoms in total. The van der Waals surface area contributed by atoms with Gasteiger partial charge < -0.3 is 5.32 Å². The third-order valence-electron chi connectivity index (χ3n) is 4.68. The van der Waals surface area contributed by atoms with Gasteiger partial charge in [-0.2, -0.15) is 0 Å². The van der Waals surface area contributed by atoms with Crippen LogP contribution in [-0.4, -0.2) is 20.9 Å². The van der Waals surface area contributed by atoms with Crippen molar-refractivity contribution in [3.05, 3.63) is 10.4 Å². The number of rotatable bonds is 13. The third kappa shape index (κ3) is 8.00. The van der Waals surface area contributed by atoms with Crippen LogP contribution in [0.3, 0.4) is 0 Å².